The minimum absolute atomic E-state index is 0.0550. The van der Waals surface area contributed by atoms with Crippen molar-refractivity contribution in [2.45, 2.75) is 10.1 Å². The molecule has 0 aromatic heterocycles. The molecule has 1 heterocycles. The van der Waals surface area contributed by atoms with Gasteiger partial charge in [0.1, 0.15) is 0 Å². The number of rotatable bonds is 2. The Hall–Kier alpha value is -3.09. The predicted molar refractivity (Wildman–Crippen MR) is 114 cm³/mol. The van der Waals surface area contributed by atoms with E-state index < -0.39 is 10.2 Å². The molecule has 0 bridgehead atoms. The van der Waals surface area contributed by atoms with Crippen LogP contribution in [0.1, 0.15) is 26.7 Å². The third-order valence-electron chi connectivity index (χ3n) is 5.08. The Bertz CT molecular complexity index is 1240. The Kier molecular flexibility index (Phi) is 4.19. The third kappa shape index (κ3) is 2.84. The van der Waals surface area contributed by atoms with E-state index in [0.717, 1.165) is 21.8 Å². The Morgan fingerprint density at radius 3 is 2.52 bits per heavy atom. The quantitative estimate of drug-likeness (QED) is 0.399. The van der Waals surface area contributed by atoms with Gasteiger partial charge in [-0.25, -0.2) is 0 Å². The van der Waals surface area contributed by atoms with E-state index >= 15 is 0 Å². The maximum absolute atomic E-state index is 13.4. The zero-order valence-electron chi connectivity index (χ0n) is 14.9. The number of hydrogen-bond acceptors (Lipinski definition) is 5. The first-order chi connectivity index (χ1) is 14.0. The topological polar surface area (TPSA) is 72.2 Å². The molecule has 5 nitrogen and oxygen atoms in total. The van der Waals surface area contributed by atoms with Gasteiger partial charge in [0.25, 0.3) is 5.69 Å². The highest BCUT2D eigenvalue weighted by Gasteiger charge is 2.39. The molecular weight excluding hydrogens is 408 g/mol. The van der Waals surface area contributed by atoms with E-state index in [4.69, 9.17) is 11.6 Å². The lowest BCUT2D eigenvalue weighted by Gasteiger charge is -2.18. The number of non-ortho nitro benzene ring substituents is 1. The Balaban J connectivity index is 1.77. The van der Waals surface area contributed by atoms with Gasteiger partial charge < -0.3 is 5.32 Å². The van der Waals surface area contributed by atoms with Gasteiger partial charge in [0.15, 0.2) is 5.78 Å². The first-order valence-electron chi connectivity index (χ1n) is 8.89. The van der Waals surface area contributed by atoms with Gasteiger partial charge in [-0.05, 0) is 23.8 Å². The van der Waals surface area contributed by atoms with Gasteiger partial charge in [-0.2, -0.15) is 0 Å². The number of nitrogens with one attached hydrogen (secondary N) is 1. The highest BCUT2D eigenvalue weighted by molar-refractivity contribution is 8.00. The van der Waals surface area contributed by atoms with Crippen LogP contribution in [0.25, 0.3) is 5.70 Å². The van der Waals surface area contributed by atoms with Gasteiger partial charge >= 0.3 is 0 Å². The van der Waals surface area contributed by atoms with Crippen molar-refractivity contribution in [1.29, 1.82) is 0 Å². The number of halogens is 1. The first-order valence-corrected chi connectivity index (χ1v) is 10.1. The normalized spacial score (nSPS) is 17.1. The molecule has 0 unspecified atom stereocenters. The van der Waals surface area contributed by atoms with Crippen molar-refractivity contribution >= 4 is 46.2 Å². The fourth-order valence-corrected chi connectivity index (χ4v) is 5.36. The summed E-state index contributed by atoms with van der Waals surface area (Å²) in [5.74, 6) is -0.0871. The minimum Gasteiger partial charge on any atom is -0.354 e. The van der Waals surface area contributed by atoms with Gasteiger partial charge in [-0.3, -0.25) is 14.9 Å². The molecule has 29 heavy (non-hydrogen) atoms. The van der Waals surface area contributed by atoms with Crippen LogP contribution in [-0.2, 0) is 0 Å². The molecule has 0 saturated carbocycles. The van der Waals surface area contributed by atoms with Crippen LogP contribution in [0.5, 0.6) is 0 Å². The zero-order chi connectivity index (χ0) is 20.1. The summed E-state index contributed by atoms with van der Waals surface area (Å²) in [4.78, 5) is 25.2. The van der Waals surface area contributed by atoms with E-state index in [1.54, 1.807) is 6.07 Å². The smallest absolute Gasteiger partial charge is 0.269 e. The molecule has 3 aromatic rings. The number of ketones is 1. The number of carbonyl (C=O) groups is 1. The minimum atomic E-state index is -0.478. The third-order valence-corrected chi connectivity index (χ3v) is 6.76. The summed E-state index contributed by atoms with van der Waals surface area (Å²) in [5.41, 5.74) is 4.13. The van der Waals surface area contributed by atoms with Crippen LogP contribution >= 0.6 is 23.4 Å². The summed E-state index contributed by atoms with van der Waals surface area (Å²) in [6, 6.07) is 19.6. The van der Waals surface area contributed by atoms with Crippen LogP contribution in [0, 0.1) is 10.1 Å². The summed E-state index contributed by atoms with van der Waals surface area (Å²) < 4.78 is 0. The summed E-state index contributed by atoms with van der Waals surface area (Å²) in [7, 11) is 0. The number of carbonyl (C=O) groups excluding carboxylic acids is 1. The van der Waals surface area contributed by atoms with Crippen molar-refractivity contribution in [1.82, 2.24) is 0 Å². The van der Waals surface area contributed by atoms with Crippen molar-refractivity contribution in [2.24, 2.45) is 0 Å². The van der Waals surface area contributed by atoms with Crippen LogP contribution in [0.15, 0.2) is 77.2 Å². The number of para-hydroxylation sites is 1. The second-order valence-electron chi connectivity index (χ2n) is 6.75. The molecule has 2 aliphatic rings. The average molecular weight is 421 g/mol. The number of nitro groups is 1. The van der Waals surface area contributed by atoms with E-state index in [2.05, 4.69) is 5.32 Å². The van der Waals surface area contributed by atoms with E-state index in [0.29, 0.717) is 21.7 Å². The molecule has 0 spiro atoms. The monoisotopic (exact) mass is 420 g/mol. The Morgan fingerprint density at radius 1 is 1.00 bits per heavy atom. The lowest BCUT2D eigenvalue weighted by molar-refractivity contribution is -0.384. The lowest BCUT2D eigenvalue weighted by Crippen LogP contribution is -2.08. The molecule has 7 heteroatoms. The maximum Gasteiger partial charge on any atom is 0.269 e. The number of Topliss-reactive ketones (excluding diaryl/α,β-unsaturated/α-hetero) is 1. The molecule has 3 aromatic carbocycles. The number of anilines is 1. The second kappa shape index (κ2) is 6.76. The lowest BCUT2D eigenvalue weighted by atomic mass is 10.00. The molecule has 0 radical (unpaired) electrons. The fraction of sp³-hybridized carbons (Fsp3) is 0.0455. The van der Waals surface area contributed by atoms with Crippen molar-refractivity contribution < 1.29 is 9.72 Å². The number of nitrogens with zero attached hydrogens (tertiary/aromatic N) is 1. The molecular formula is C22H13ClN2O3S. The van der Waals surface area contributed by atoms with Gasteiger partial charge in [-0.1, -0.05) is 48.0 Å². The zero-order valence-corrected chi connectivity index (χ0v) is 16.5. The molecule has 1 aliphatic carbocycles. The highest BCUT2D eigenvalue weighted by Crippen LogP contribution is 2.53. The molecule has 1 atom stereocenters. The van der Waals surface area contributed by atoms with E-state index in [9.17, 15) is 14.9 Å². The standard InChI is InChI=1S/C22H13ClN2O3S/c23-16-10-9-12(25(27)28)11-15(16)22-19-20(13-5-1-2-6-14(13)21(19)26)24-17-7-3-4-8-18(17)29-22/h1-11,22,24H/t22-/m0/s1. The number of thioether (sulfide) groups is 1. The van der Waals surface area contributed by atoms with E-state index in [1.165, 1.54) is 30.0 Å². The Labute approximate surface area is 175 Å². The number of fused-ring (bicyclic) bond motifs is 3. The summed E-state index contributed by atoms with van der Waals surface area (Å²) in [6.45, 7) is 0. The van der Waals surface area contributed by atoms with Crippen molar-refractivity contribution in [3.05, 3.63) is 104 Å². The molecule has 5 rings (SSSR count). The number of hydrogen-bond donors (Lipinski definition) is 1. The highest BCUT2D eigenvalue weighted by atomic mass is 35.5. The Morgan fingerprint density at radius 2 is 1.72 bits per heavy atom. The van der Waals surface area contributed by atoms with Crippen LogP contribution < -0.4 is 5.32 Å². The molecule has 1 N–H and O–H groups in total. The SMILES string of the molecule is O=C1C2=C(Nc3ccccc3S[C@H]2c2cc([N+](=O)[O-])ccc2Cl)c2ccccc21. The average Bonchev–Trinajstić information content (AvgIpc) is 2.89. The van der Waals surface area contributed by atoms with E-state index in [-0.39, 0.29) is 11.5 Å². The second-order valence-corrected chi connectivity index (χ2v) is 8.30. The van der Waals surface area contributed by atoms with Crippen molar-refractivity contribution in [3.8, 4) is 0 Å². The van der Waals surface area contributed by atoms with Crippen LogP contribution in [0.4, 0.5) is 11.4 Å². The van der Waals surface area contributed by atoms with Gasteiger partial charge in [0, 0.05) is 38.8 Å². The molecule has 0 saturated heterocycles. The summed E-state index contributed by atoms with van der Waals surface area (Å²) in [6.07, 6.45) is 0. The van der Waals surface area contributed by atoms with Crippen LogP contribution in [0.2, 0.25) is 5.02 Å². The predicted octanol–water partition coefficient (Wildman–Crippen LogP) is 6.11. The maximum atomic E-state index is 13.4. The molecule has 142 valence electrons. The van der Waals surface area contributed by atoms with Crippen LogP contribution in [0.3, 0.4) is 0 Å². The van der Waals surface area contributed by atoms with Crippen LogP contribution in [-0.4, -0.2) is 10.7 Å². The van der Waals surface area contributed by atoms with E-state index in [1.807, 2.05) is 42.5 Å². The fourth-order valence-electron chi connectivity index (χ4n) is 3.75. The van der Waals surface area contributed by atoms with Crippen molar-refractivity contribution in [3.63, 3.8) is 0 Å². The largest absolute Gasteiger partial charge is 0.354 e. The molecule has 0 amide bonds. The molecule has 0 fully saturated rings. The van der Waals surface area contributed by atoms with Crippen molar-refractivity contribution in [2.75, 3.05) is 5.32 Å². The van der Waals surface area contributed by atoms with Gasteiger partial charge in [0.2, 0.25) is 0 Å². The van der Waals surface area contributed by atoms with Gasteiger partial charge in [-0.15, -0.1) is 11.8 Å². The number of benzene rings is 3. The first kappa shape index (κ1) is 18.0. The number of nitro benzene ring substituents is 1. The summed E-state index contributed by atoms with van der Waals surface area (Å²) >= 11 is 7.94. The summed E-state index contributed by atoms with van der Waals surface area (Å²) in [5, 5.41) is 14.7. The molecule has 1 aliphatic heterocycles. The van der Waals surface area contributed by atoms with Gasteiger partial charge in [0.05, 0.1) is 21.6 Å².